The lowest BCUT2D eigenvalue weighted by atomic mass is 10.1. The van der Waals surface area contributed by atoms with Crippen LogP contribution < -0.4 is 15.2 Å². The quantitative estimate of drug-likeness (QED) is 0.688. The third-order valence-corrected chi connectivity index (χ3v) is 3.22. The molecule has 0 aliphatic heterocycles. The molecule has 2 rings (SSSR count). The van der Waals surface area contributed by atoms with E-state index in [1.54, 1.807) is 32.0 Å². The molecular formula is C16H20N4O5. The molecule has 1 aromatic carbocycles. The third-order valence-electron chi connectivity index (χ3n) is 3.22. The molecule has 0 bridgehead atoms. The van der Waals surface area contributed by atoms with Gasteiger partial charge in [0.2, 0.25) is 0 Å². The summed E-state index contributed by atoms with van der Waals surface area (Å²) in [5.41, 5.74) is 6.18. The molecule has 0 radical (unpaired) electrons. The van der Waals surface area contributed by atoms with Crippen LogP contribution in [0.4, 0.5) is 0 Å². The van der Waals surface area contributed by atoms with Gasteiger partial charge in [-0.25, -0.2) is 4.79 Å². The summed E-state index contributed by atoms with van der Waals surface area (Å²) < 4.78 is 16.1. The Kier molecular flexibility index (Phi) is 5.93. The zero-order valence-corrected chi connectivity index (χ0v) is 14.2. The van der Waals surface area contributed by atoms with Crippen LogP contribution in [0.25, 0.3) is 11.3 Å². The van der Waals surface area contributed by atoms with Crippen molar-refractivity contribution in [2.75, 3.05) is 13.2 Å². The minimum absolute atomic E-state index is 0.0241. The molecule has 1 unspecified atom stereocenters. The van der Waals surface area contributed by atoms with Gasteiger partial charge in [-0.05, 0) is 39.0 Å². The van der Waals surface area contributed by atoms with Crippen molar-refractivity contribution in [3.05, 3.63) is 23.9 Å². The Hall–Kier alpha value is -3.10. The van der Waals surface area contributed by atoms with Crippen LogP contribution in [0.3, 0.4) is 0 Å². The molecule has 1 aromatic heterocycles. The van der Waals surface area contributed by atoms with E-state index in [1.807, 2.05) is 6.92 Å². The summed E-state index contributed by atoms with van der Waals surface area (Å²) in [7, 11) is 0. The number of aromatic nitrogens is 3. The highest BCUT2D eigenvalue weighted by Crippen LogP contribution is 2.33. The van der Waals surface area contributed by atoms with Crippen molar-refractivity contribution in [1.29, 1.82) is 0 Å². The van der Waals surface area contributed by atoms with Crippen LogP contribution >= 0.6 is 0 Å². The van der Waals surface area contributed by atoms with Crippen molar-refractivity contribution >= 4 is 11.9 Å². The number of nitrogens with two attached hydrogens (primary N) is 1. The predicted octanol–water partition coefficient (Wildman–Crippen LogP) is 1.30. The number of hydrogen-bond donors (Lipinski definition) is 2. The standard InChI is InChI=1S/C16H20N4O5/c1-4-23-12-8-10(13-14(15(17)21)19-20-18-13)6-7-11(12)25-9(3)16(22)24-5-2/h6-9H,4-5H2,1-3H3,(H2,17,21)(H,18,19,20). The minimum Gasteiger partial charge on any atom is -0.490 e. The van der Waals surface area contributed by atoms with Crippen molar-refractivity contribution < 1.29 is 23.8 Å². The molecule has 0 aliphatic rings. The number of esters is 1. The van der Waals surface area contributed by atoms with E-state index in [0.29, 0.717) is 29.4 Å². The molecule has 2 aromatic rings. The fourth-order valence-electron chi connectivity index (χ4n) is 2.12. The monoisotopic (exact) mass is 348 g/mol. The van der Waals surface area contributed by atoms with Crippen molar-refractivity contribution in [1.82, 2.24) is 15.4 Å². The minimum atomic E-state index is -0.793. The molecule has 0 spiro atoms. The van der Waals surface area contributed by atoms with Crippen LogP contribution in [0.5, 0.6) is 11.5 Å². The topological polar surface area (TPSA) is 129 Å². The van der Waals surface area contributed by atoms with Crippen molar-refractivity contribution in [2.45, 2.75) is 26.9 Å². The van der Waals surface area contributed by atoms with Gasteiger partial charge in [-0.1, -0.05) is 0 Å². The first kappa shape index (κ1) is 18.2. The van der Waals surface area contributed by atoms with Gasteiger partial charge in [-0.15, -0.1) is 0 Å². The van der Waals surface area contributed by atoms with Gasteiger partial charge in [0.05, 0.1) is 13.2 Å². The van der Waals surface area contributed by atoms with Crippen LogP contribution in [0, 0.1) is 0 Å². The van der Waals surface area contributed by atoms with E-state index in [9.17, 15) is 9.59 Å². The number of rotatable bonds is 8. The first-order valence-corrected chi connectivity index (χ1v) is 7.79. The summed E-state index contributed by atoms with van der Waals surface area (Å²) in [5, 5.41) is 10.1. The van der Waals surface area contributed by atoms with E-state index < -0.39 is 18.0 Å². The second kappa shape index (κ2) is 8.13. The number of carbonyl (C=O) groups is 2. The molecule has 134 valence electrons. The Bertz CT molecular complexity index is 759. The SMILES string of the molecule is CCOC(=O)C(C)Oc1ccc(-c2n[nH]nc2C(N)=O)cc1OCC. The Morgan fingerprint density at radius 2 is 1.96 bits per heavy atom. The lowest BCUT2D eigenvalue weighted by molar-refractivity contribution is -0.150. The van der Waals surface area contributed by atoms with Gasteiger partial charge in [0.25, 0.3) is 5.91 Å². The van der Waals surface area contributed by atoms with Gasteiger partial charge >= 0.3 is 5.97 Å². The number of benzene rings is 1. The van der Waals surface area contributed by atoms with Crippen LogP contribution in [0.15, 0.2) is 18.2 Å². The molecule has 1 heterocycles. The highest BCUT2D eigenvalue weighted by Gasteiger charge is 2.20. The van der Waals surface area contributed by atoms with Gasteiger partial charge in [-0.3, -0.25) is 4.79 Å². The molecular weight excluding hydrogens is 328 g/mol. The zero-order chi connectivity index (χ0) is 18.4. The lowest BCUT2D eigenvalue weighted by Gasteiger charge is -2.17. The van der Waals surface area contributed by atoms with E-state index in [-0.39, 0.29) is 12.3 Å². The molecule has 0 saturated heterocycles. The summed E-state index contributed by atoms with van der Waals surface area (Å²) in [6.45, 7) is 5.78. The number of H-pyrrole nitrogens is 1. The maximum absolute atomic E-state index is 11.7. The molecule has 0 saturated carbocycles. The first-order chi connectivity index (χ1) is 12.0. The van der Waals surface area contributed by atoms with E-state index in [1.165, 1.54) is 0 Å². The van der Waals surface area contributed by atoms with E-state index in [4.69, 9.17) is 19.9 Å². The summed E-state index contributed by atoms with van der Waals surface area (Å²) in [6.07, 6.45) is -0.793. The first-order valence-electron chi connectivity index (χ1n) is 7.79. The number of primary amides is 1. The van der Waals surface area contributed by atoms with E-state index in [2.05, 4.69) is 15.4 Å². The highest BCUT2D eigenvalue weighted by molar-refractivity contribution is 5.96. The maximum atomic E-state index is 11.7. The Morgan fingerprint density at radius 3 is 2.60 bits per heavy atom. The van der Waals surface area contributed by atoms with Gasteiger partial charge in [-0.2, -0.15) is 15.4 Å². The molecule has 1 atom stereocenters. The normalized spacial score (nSPS) is 11.6. The van der Waals surface area contributed by atoms with Crippen molar-refractivity contribution in [3.63, 3.8) is 0 Å². The number of hydrogen-bond acceptors (Lipinski definition) is 7. The second-order valence-corrected chi connectivity index (χ2v) is 4.99. The molecule has 9 nitrogen and oxygen atoms in total. The Balaban J connectivity index is 2.32. The largest absolute Gasteiger partial charge is 0.490 e. The van der Waals surface area contributed by atoms with Gasteiger partial charge in [0, 0.05) is 5.56 Å². The maximum Gasteiger partial charge on any atom is 0.347 e. The average molecular weight is 348 g/mol. The molecule has 1 amide bonds. The zero-order valence-electron chi connectivity index (χ0n) is 14.2. The van der Waals surface area contributed by atoms with E-state index in [0.717, 1.165) is 0 Å². The smallest absolute Gasteiger partial charge is 0.347 e. The number of carbonyl (C=O) groups excluding carboxylic acids is 2. The molecule has 25 heavy (non-hydrogen) atoms. The average Bonchev–Trinajstić information content (AvgIpc) is 3.06. The molecule has 0 aliphatic carbocycles. The summed E-state index contributed by atoms with van der Waals surface area (Å²) in [4.78, 5) is 23.1. The molecule has 3 N–H and O–H groups in total. The van der Waals surface area contributed by atoms with Crippen LogP contribution in [0.1, 0.15) is 31.3 Å². The van der Waals surface area contributed by atoms with Crippen LogP contribution in [-0.4, -0.2) is 46.6 Å². The van der Waals surface area contributed by atoms with Crippen molar-refractivity contribution in [2.24, 2.45) is 5.73 Å². The summed E-state index contributed by atoms with van der Waals surface area (Å²) in [5.74, 6) is -0.399. The molecule has 0 fully saturated rings. The number of nitrogens with zero attached hydrogens (tertiary/aromatic N) is 2. The van der Waals surface area contributed by atoms with Crippen molar-refractivity contribution in [3.8, 4) is 22.8 Å². The number of aromatic amines is 1. The fraction of sp³-hybridized carbons (Fsp3) is 0.375. The highest BCUT2D eigenvalue weighted by atomic mass is 16.6. The van der Waals surface area contributed by atoms with Crippen LogP contribution in [-0.2, 0) is 9.53 Å². The van der Waals surface area contributed by atoms with E-state index >= 15 is 0 Å². The summed E-state index contributed by atoms with van der Waals surface area (Å²) in [6, 6.07) is 4.93. The van der Waals surface area contributed by atoms with Gasteiger partial charge < -0.3 is 19.9 Å². The third kappa shape index (κ3) is 4.25. The fourth-order valence-corrected chi connectivity index (χ4v) is 2.12. The number of nitrogens with one attached hydrogen (secondary N) is 1. The Labute approximate surface area is 144 Å². The lowest BCUT2D eigenvalue weighted by Crippen LogP contribution is -2.26. The predicted molar refractivity (Wildman–Crippen MR) is 88.2 cm³/mol. The number of amides is 1. The van der Waals surface area contributed by atoms with Gasteiger partial charge in [0.1, 0.15) is 5.69 Å². The second-order valence-electron chi connectivity index (χ2n) is 4.99. The Morgan fingerprint density at radius 1 is 1.20 bits per heavy atom. The number of ether oxygens (including phenoxy) is 3. The van der Waals surface area contributed by atoms with Crippen LogP contribution in [0.2, 0.25) is 0 Å². The summed E-state index contributed by atoms with van der Waals surface area (Å²) >= 11 is 0. The van der Waals surface area contributed by atoms with Gasteiger partial charge in [0.15, 0.2) is 23.3 Å². The molecule has 9 heteroatoms.